The Morgan fingerprint density at radius 3 is 1.02 bits per heavy atom. The number of hydrogen-bond donors (Lipinski definition) is 0. The summed E-state index contributed by atoms with van der Waals surface area (Å²) in [5.41, 5.74) is 0. The maximum absolute atomic E-state index is 14.3. The van der Waals surface area contributed by atoms with Gasteiger partial charge in [0.15, 0.2) is 0 Å². The van der Waals surface area contributed by atoms with Gasteiger partial charge in [-0.2, -0.15) is 0 Å². The van der Waals surface area contributed by atoms with Gasteiger partial charge in [0.1, 0.15) is 0 Å². The molecule has 2 N–H and O–H groups in total. The summed E-state index contributed by atoms with van der Waals surface area (Å²) in [4.78, 5) is 28.6. The largest absolute Gasteiger partial charge is 1.00 e. The van der Waals surface area contributed by atoms with Crippen LogP contribution in [-0.4, -0.2) is 47.1 Å². The smallest absolute Gasteiger partial charge is 0.870 e. The summed E-state index contributed by atoms with van der Waals surface area (Å²) < 4.78 is 25.0. The van der Waals surface area contributed by atoms with Crippen LogP contribution >= 0.6 is 0 Å². The van der Waals surface area contributed by atoms with E-state index in [9.17, 15) is 9.59 Å². The molecule has 0 unspecified atom stereocenters. The van der Waals surface area contributed by atoms with Crippen molar-refractivity contribution in [1.29, 1.82) is 0 Å². The molecule has 0 aromatic heterocycles. The Kier molecular flexibility index (Phi) is 22.3. The van der Waals surface area contributed by atoms with Gasteiger partial charge in [-0.05, 0) is 28.9 Å². The van der Waals surface area contributed by atoms with Crippen LogP contribution in [-0.2, 0) is 16.5 Å². The standard InChI is InChI=1S/C24H20O6Si4.4Na.2H2O/c25-33(23-17-9-3-10-18-23)28-31(21-13-5-1-6-14-21)27-32(22-15-7-2-8-16-22)29-34(26,30-33)24-19-11-4-12-20-24;;;;;;/h1-20H;;;;;2*1H2/q-4;4*+1;;/p-2/t33-,34+;;;;;;. The fourth-order valence-corrected chi connectivity index (χ4v) is 15.6. The molecule has 1 aliphatic rings. The van der Waals surface area contributed by atoms with Crippen molar-refractivity contribution < 1.29 is 155 Å². The summed E-state index contributed by atoms with van der Waals surface area (Å²) in [7, 11) is -13.6. The number of hydrogen-bond acceptors (Lipinski definition) is 8. The van der Waals surface area contributed by atoms with Gasteiger partial charge in [0.05, 0.1) is 0 Å². The molecular formula is C24H22Na4O8Si4-2. The van der Waals surface area contributed by atoms with Gasteiger partial charge in [0.2, 0.25) is 17.6 Å². The molecule has 16 heteroatoms. The Morgan fingerprint density at radius 1 is 0.450 bits per heavy atom. The van der Waals surface area contributed by atoms with E-state index < -0.39 is 36.2 Å². The van der Waals surface area contributed by atoms with Crippen LogP contribution in [0.5, 0.6) is 0 Å². The predicted molar refractivity (Wildman–Crippen MR) is 136 cm³/mol. The van der Waals surface area contributed by atoms with Crippen molar-refractivity contribution in [3.05, 3.63) is 121 Å². The van der Waals surface area contributed by atoms with Crippen molar-refractivity contribution in [3.63, 3.8) is 0 Å². The normalized spacial score (nSPS) is 19.8. The van der Waals surface area contributed by atoms with Crippen LogP contribution < -0.4 is 149 Å². The molecule has 1 heterocycles. The SMILES string of the molecule is [Na+].[Na+].[Na+].[Na+].[O-][Si@]1(c2ccccc2)O[Si-](c2ccccc2)O[Si-](c2ccccc2)O[Si@@]([O-])(c2ccccc2)O1.[OH-].[OH-]. The molecule has 0 bridgehead atoms. The first-order chi connectivity index (χ1) is 16.6. The number of rotatable bonds is 4. The first kappa shape index (κ1) is 43.6. The molecule has 8 nitrogen and oxygen atoms in total. The van der Waals surface area contributed by atoms with Crippen LogP contribution in [0.4, 0.5) is 0 Å². The van der Waals surface area contributed by atoms with Gasteiger partial charge >= 0.3 is 118 Å². The molecule has 1 saturated heterocycles. The van der Waals surface area contributed by atoms with Crippen molar-refractivity contribution in [2.24, 2.45) is 0 Å². The number of benzene rings is 4. The monoisotopic (exact) mass is 642 g/mol. The molecule has 2 atom stereocenters. The van der Waals surface area contributed by atoms with Gasteiger partial charge in [0, 0.05) is 0 Å². The molecule has 40 heavy (non-hydrogen) atoms. The van der Waals surface area contributed by atoms with Crippen LogP contribution in [0.15, 0.2) is 121 Å². The van der Waals surface area contributed by atoms with Gasteiger partial charge in [-0.15, -0.1) is 10.4 Å². The van der Waals surface area contributed by atoms with Crippen molar-refractivity contribution in [2.75, 3.05) is 0 Å². The van der Waals surface area contributed by atoms with Gasteiger partial charge in [-0.25, -0.2) is 0 Å². The van der Waals surface area contributed by atoms with Gasteiger partial charge < -0.3 is 37.0 Å². The fraction of sp³-hybridized carbons (Fsp3) is 0. The van der Waals surface area contributed by atoms with Crippen LogP contribution in [0.2, 0.25) is 0 Å². The molecule has 188 valence electrons. The van der Waals surface area contributed by atoms with Gasteiger partial charge in [0.25, 0.3) is 0 Å². The van der Waals surface area contributed by atoms with E-state index in [1.807, 2.05) is 60.7 Å². The molecule has 0 spiro atoms. The summed E-state index contributed by atoms with van der Waals surface area (Å²) in [5, 5.41) is 2.14. The minimum absolute atomic E-state index is 0. The van der Waals surface area contributed by atoms with Crippen LogP contribution in [0.3, 0.4) is 0 Å². The van der Waals surface area contributed by atoms with Crippen LogP contribution in [0.25, 0.3) is 0 Å². The van der Waals surface area contributed by atoms with E-state index in [2.05, 4.69) is 0 Å². The van der Waals surface area contributed by atoms with Gasteiger partial charge in [-0.3, -0.25) is 0 Å². The predicted octanol–water partition coefficient (Wildman–Crippen LogP) is -13.1. The van der Waals surface area contributed by atoms with E-state index in [0.717, 1.165) is 10.4 Å². The van der Waals surface area contributed by atoms with E-state index in [-0.39, 0.29) is 129 Å². The Labute approximate surface area is 328 Å². The molecule has 1 fully saturated rings. The molecule has 0 amide bonds. The topological polar surface area (TPSA) is 143 Å². The van der Waals surface area contributed by atoms with E-state index in [1.165, 1.54) is 0 Å². The molecule has 1 aliphatic heterocycles. The zero-order chi connectivity index (χ0) is 23.4. The van der Waals surface area contributed by atoms with Crippen molar-refractivity contribution >= 4 is 56.9 Å². The third-order valence-corrected chi connectivity index (χ3v) is 16.1. The molecule has 4 aromatic rings. The first-order valence-electron chi connectivity index (χ1n) is 10.7. The Morgan fingerprint density at radius 2 is 0.725 bits per heavy atom. The Hall–Kier alpha value is 1.43. The summed E-state index contributed by atoms with van der Waals surface area (Å²) in [6, 6.07) is 35.8. The van der Waals surface area contributed by atoms with Gasteiger partial charge in [-0.1, -0.05) is 121 Å². The maximum Gasteiger partial charge on any atom is 1.00 e. The zero-order valence-electron chi connectivity index (χ0n) is 22.9. The quantitative estimate of drug-likeness (QED) is 0.200. The second-order valence-corrected chi connectivity index (χ2v) is 16.5. The molecule has 0 aliphatic carbocycles. The van der Waals surface area contributed by atoms with Crippen molar-refractivity contribution in [3.8, 4) is 0 Å². The average Bonchev–Trinajstić information content (AvgIpc) is 2.89. The van der Waals surface area contributed by atoms with Crippen LogP contribution in [0, 0.1) is 0 Å². The molecule has 5 rings (SSSR count). The van der Waals surface area contributed by atoms with E-state index in [1.54, 1.807) is 60.7 Å². The Balaban J connectivity index is 0. The second-order valence-electron chi connectivity index (χ2n) is 7.56. The second kappa shape index (κ2) is 20.5. The summed E-state index contributed by atoms with van der Waals surface area (Å²) in [5.74, 6) is 0. The minimum Gasteiger partial charge on any atom is -0.870 e. The maximum atomic E-state index is 14.3. The average molecular weight is 643 g/mol. The summed E-state index contributed by atoms with van der Waals surface area (Å²) >= 11 is 0. The van der Waals surface area contributed by atoms with E-state index >= 15 is 0 Å². The fourth-order valence-electron chi connectivity index (χ4n) is 3.49. The van der Waals surface area contributed by atoms with E-state index in [4.69, 9.17) is 16.5 Å². The van der Waals surface area contributed by atoms with Crippen molar-refractivity contribution in [1.82, 2.24) is 0 Å². The molecule has 4 aromatic carbocycles. The molecule has 0 radical (unpaired) electrons. The molecular weight excluding hydrogens is 621 g/mol. The molecule has 0 saturated carbocycles. The first-order valence-corrected chi connectivity index (χ1v) is 16.8. The van der Waals surface area contributed by atoms with E-state index in [0.29, 0.717) is 10.4 Å². The summed E-state index contributed by atoms with van der Waals surface area (Å²) in [6.07, 6.45) is 0. The third-order valence-electron chi connectivity index (χ3n) is 5.18. The third kappa shape index (κ3) is 10.8. The Bertz CT molecular complexity index is 1130. The summed E-state index contributed by atoms with van der Waals surface area (Å²) in [6.45, 7) is 0. The zero-order valence-corrected chi connectivity index (χ0v) is 34.9. The van der Waals surface area contributed by atoms with Crippen molar-refractivity contribution in [2.45, 2.75) is 0 Å². The minimum atomic E-state index is -4.48. The van der Waals surface area contributed by atoms with Crippen LogP contribution in [0.1, 0.15) is 0 Å².